The van der Waals surface area contributed by atoms with Crippen LogP contribution in [0.1, 0.15) is 17.7 Å². The molecule has 0 bridgehead atoms. The highest BCUT2D eigenvalue weighted by Gasteiger charge is 2.12. The van der Waals surface area contributed by atoms with Crippen molar-refractivity contribution in [2.75, 3.05) is 32.8 Å². The van der Waals surface area contributed by atoms with Crippen molar-refractivity contribution in [3.05, 3.63) is 29.6 Å². The zero-order chi connectivity index (χ0) is 13.5. The van der Waals surface area contributed by atoms with Crippen LogP contribution in [0.5, 0.6) is 0 Å². The fourth-order valence-electron chi connectivity index (χ4n) is 2.17. The number of hydrogen-bond donors (Lipinski definition) is 1. The number of nitrogens with zero attached hydrogens (tertiary/aromatic N) is 3. The molecule has 1 aromatic heterocycles. The fraction of sp³-hybridized carbons (Fsp3) is 0.538. The number of halogens is 1. The van der Waals surface area contributed by atoms with Crippen LogP contribution in [0.4, 0.5) is 0 Å². The topological polar surface area (TPSA) is 58.0 Å². The second-order valence-corrected chi connectivity index (χ2v) is 4.80. The molecule has 6 heteroatoms. The van der Waals surface area contributed by atoms with E-state index in [4.69, 9.17) is 21.5 Å². The van der Waals surface area contributed by atoms with E-state index in [1.807, 2.05) is 6.07 Å². The predicted molar refractivity (Wildman–Crippen MR) is 74.0 cm³/mol. The molecule has 0 atom stereocenters. The molecule has 5 nitrogen and oxygen atoms in total. The van der Waals surface area contributed by atoms with Gasteiger partial charge in [0.1, 0.15) is 0 Å². The van der Waals surface area contributed by atoms with E-state index in [0.29, 0.717) is 5.56 Å². The van der Waals surface area contributed by atoms with Crippen molar-refractivity contribution in [1.82, 2.24) is 9.88 Å². The highest BCUT2D eigenvalue weighted by atomic mass is 35.5. The summed E-state index contributed by atoms with van der Waals surface area (Å²) in [5, 5.41) is 11.9. The molecule has 2 heterocycles. The summed E-state index contributed by atoms with van der Waals surface area (Å²) in [7, 11) is 0. The summed E-state index contributed by atoms with van der Waals surface area (Å²) in [6.45, 7) is 4.64. The van der Waals surface area contributed by atoms with E-state index in [0.717, 1.165) is 51.4 Å². The second-order valence-electron chi connectivity index (χ2n) is 4.45. The van der Waals surface area contributed by atoms with E-state index in [2.05, 4.69) is 15.0 Å². The summed E-state index contributed by atoms with van der Waals surface area (Å²) in [4.78, 5) is 6.69. The molecule has 0 aromatic carbocycles. The van der Waals surface area contributed by atoms with Crippen molar-refractivity contribution in [2.24, 2.45) is 5.16 Å². The van der Waals surface area contributed by atoms with Crippen LogP contribution in [-0.4, -0.2) is 53.1 Å². The number of rotatable bonds is 5. The number of pyridine rings is 1. The normalized spacial score (nSPS) is 17.6. The van der Waals surface area contributed by atoms with Crippen LogP contribution >= 0.6 is 11.6 Å². The van der Waals surface area contributed by atoms with Crippen molar-refractivity contribution in [3.8, 4) is 0 Å². The third kappa shape index (κ3) is 4.16. The minimum absolute atomic E-state index is 0.0921. The lowest BCUT2D eigenvalue weighted by Gasteiger charge is -2.26. The maximum atomic E-state index is 8.75. The molecule has 0 spiro atoms. The molecule has 1 fully saturated rings. The van der Waals surface area contributed by atoms with E-state index in [1.165, 1.54) is 0 Å². The number of oxime groups is 1. The Kier molecular flexibility index (Phi) is 5.57. The van der Waals surface area contributed by atoms with Gasteiger partial charge in [-0.3, -0.25) is 9.88 Å². The van der Waals surface area contributed by atoms with Gasteiger partial charge in [0.15, 0.2) is 5.17 Å². The zero-order valence-corrected chi connectivity index (χ0v) is 11.5. The minimum Gasteiger partial charge on any atom is -0.410 e. The van der Waals surface area contributed by atoms with Crippen molar-refractivity contribution in [3.63, 3.8) is 0 Å². The Bertz CT molecular complexity index is 434. The van der Waals surface area contributed by atoms with Crippen molar-refractivity contribution >= 4 is 16.8 Å². The third-order valence-electron chi connectivity index (χ3n) is 3.19. The number of aromatic nitrogens is 1. The molecule has 104 valence electrons. The summed E-state index contributed by atoms with van der Waals surface area (Å²) < 4.78 is 5.31. The number of ether oxygens (including phenoxy) is 1. The summed E-state index contributed by atoms with van der Waals surface area (Å²) in [5.74, 6) is 0. The number of morpholine rings is 1. The smallest absolute Gasteiger partial charge is 0.177 e. The summed E-state index contributed by atoms with van der Waals surface area (Å²) >= 11 is 5.86. The van der Waals surface area contributed by atoms with Crippen LogP contribution in [0.2, 0.25) is 0 Å². The zero-order valence-electron chi connectivity index (χ0n) is 10.8. The van der Waals surface area contributed by atoms with Gasteiger partial charge in [-0.15, -0.1) is 0 Å². The van der Waals surface area contributed by atoms with Gasteiger partial charge in [0, 0.05) is 24.8 Å². The number of hydrogen-bond acceptors (Lipinski definition) is 5. The lowest BCUT2D eigenvalue weighted by atomic mass is 10.1. The Morgan fingerprint density at radius 3 is 3.00 bits per heavy atom. The van der Waals surface area contributed by atoms with Crippen molar-refractivity contribution in [1.29, 1.82) is 0 Å². The van der Waals surface area contributed by atoms with E-state index >= 15 is 0 Å². The van der Waals surface area contributed by atoms with E-state index in [-0.39, 0.29) is 5.17 Å². The Labute approximate surface area is 117 Å². The molecule has 1 aliphatic rings. The molecule has 1 saturated heterocycles. The predicted octanol–water partition coefficient (Wildman–Crippen LogP) is 1.72. The summed E-state index contributed by atoms with van der Waals surface area (Å²) in [6, 6.07) is 3.60. The highest BCUT2D eigenvalue weighted by Crippen LogP contribution is 2.12. The SMILES string of the molecule is ON=C(Cl)c1cccnc1CCCN1CCOCC1. The van der Waals surface area contributed by atoms with Crippen LogP contribution in [0.3, 0.4) is 0 Å². The Hall–Kier alpha value is -1.17. The fourth-order valence-corrected chi connectivity index (χ4v) is 2.35. The van der Waals surface area contributed by atoms with Crippen molar-refractivity contribution < 1.29 is 9.94 Å². The van der Waals surface area contributed by atoms with Crippen LogP contribution in [0.15, 0.2) is 23.5 Å². The van der Waals surface area contributed by atoms with Crippen LogP contribution in [-0.2, 0) is 11.2 Å². The largest absolute Gasteiger partial charge is 0.410 e. The molecule has 0 unspecified atom stereocenters. The standard InChI is InChI=1S/C13H18ClN3O2/c14-13(16-18)11-3-1-5-15-12(11)4-2-6-17-7-9-19-10-8-17/h1,3,5,18H,2,4,6-10H2. The molecule has 0 saturated carbocycles. The molecule has 1 aliphatic heterocycles. The summed E-state index contributed by atoms with van der Waals surface area (Å²) in [5.41, 5.74) is 1.58. The highest BCUT2D eigenvalue weighted by molar-refractivity contribution is 6.69. The molecule has 0 radical (unpaired) electrons. The Morgan fingerprint density at radius 2 is 2.26 bits per heavy atom. The first-order chi connectivity index (χ1) is 9.31. The van der Waals surface area contributed by atoms with Gasteiger partial charge in [-0.25, -0.2) is 0 Å². The number of aryl methyl sites for hydroxylation is 1. The maximum Gasteiger partial charge on any atom is 0.177 e. The quantitative estimate of drug-likeness (QED) is 0.508. The third-order valence-corrected chi connectivity index (χ3v) is 3.47. The molecule has 0 aliphatic carbocycles. The van der Waals surface area contributed by atoms with Gasteiger partial charge < -0.3 is 9.94 Å². The molecular weight excluding hydrogens is 266 g/mol. The minimum atomic E-state index is 0.0921. The monoisotopic (exact) mass is 283 g/mol. The molecule has 19 heavy (non-hydrogen) atoms. The Morgan fingerprint density at radius 1 is 1.47 bits per heavy atom. The van der Waals surface area contributed by atoms with Crippen LogP contribution in [0, 0.1) is 0 Å². The average molecular weight is 284 g/mol. The average Bonchev–Trinajstić information content (AvgIpc) is 2.48. The van der Waals surface area contributed by atoms with Gasteiger partial charge in [-0.1, -0.05) is 16.8 Å². The van der Waals surface area contributed by atoms with Gasteiger partial charge in [0.25, 0.3) is 0 Å². The van der Waals surface area contributed by atoms with Crippen LogP contribution in [0.25, 0.3) is 0 Å². The lowest BCUT2D eigenvalue weighted by molar-refractivity contribution is 0.0374. The van der Waals surface area contributed by atoms with E-state index in [9.17, 15) is 0 Å². The summed E-state index contributed by atoms with van der Waals surface area (Å²) in [6.07, 6.45) is 3.55. The van der Waals surface area contributed by atoms with Gasteiger partial charge in [0.2, 0.25) is 0 Å². The first kappa shape index (κ1) is 14.2. The van der Waals surface area contributed by atoms with Gasteiger partial charge in [-0.05, 0) is 31.5 Å². The Balaban J connectivity index is 1.88. The maximum absolute atomic E-state index is 8.75. The van der Waals surface area contributed by atoms with E-state index < -0.39 is 0 Å². The van der Waals surface area contributed by atoms with Crippen molar-refractivity contribution in [2.45, 2.75) is 12.8 Å². The van der Waals surface area contributed by atoms with Gasteiger partial charge in [-0.2, -0.15) is 0 Å². The molecule has 2 rings (SSSR count). The lowest BCUT2D eigenvalue weighted by Crippen LogP contribution is -2.37. The van der Waals surface area contributed by atoms with Gasteiger partial charge in [0.05, 0.1) is 18.9 Å². The van der Waals surface area contributed by atoms with Gasteiger partial charge >= 0.3 is 0 Å². The molecular formula is C13H18ClN3O2. The molecule has 0 amide bonds. The van der Waals surface area contributed by atoms with E-state index in [1.54, 1.807) is 12.3 Å². The first-order valence-corrected chi connectivity index (χ1v) is 6.81. The second kappa shape index (κ2) is 7.43. The first-order valence-electron chi connectivity index (χ1n) is 6.43. The van der Waals surface area contributed by atoms with Crippen LogP contribution < -0.4 is 0 Å². The molecule has 1 N–H and O–H groups in total. The molecule has 1 aromatic rings.